The van der Waals surface area contributed by atoms with E-state index in [0.717, 1.165) is 139 Å². The summed E-state index contributed by atoms with van der Waals surface area (Å²) in [5.41, 5.74) is 2.08. The van der Waals surface area contributed by atoms with Gasteiger partial charge in [0, 0.05) is 30.9 Å². The van der Waals surface area contributed by atoms with Gasteiger partial charge in [0.2, 0.25) is 0 Å². The average Bonchev–Trinajstić information content (AvgIpc) is 3.47. The second-order valence-corrected chi connectivity index (χ2v) is 17.9. The normalized spacial score (nSPS) is 31.9. The van der Waals surface area contributed by atoms with Crippen molar-refractivity contribution in [2.45, 2.75) is 172 Å². The number of carbonyl (C=O) groups is 1. The van der Waals surface area contributed by atoms with Gasteiger partial charge in [0.15, 0.2) is 18.4 Å². The number of ketones is 1. The van der Waals surface area contributed by atoms with Crippen LogP contribution in [0.25, 0.3) is 0 Å². The van der Waals surface area contributed by atoms with Crippen molar-refractivity contribution in [3.05, 3.63) is 29.3 Å². The molecule has 1 aromatic carbocycles. The van der Waals surface area contributed by atoms with Crippen molar-refractivity contribution in [1.29, 1.82) is 0 Å². The van der Waals surface area contributed by atoms with Crippen LogP contribution in [-0.2, 0) is 14.2 Å². The van der Waals surface area contributed by atoms with E-state index in [4.69, 9.17) is 18.9 Å². The van der Waals surface area contributed by atoms with E-state index in [1.807, 2.05) is 6.07 Å². The Morgan fingerprint density at radius 2 is 1.49 bits per heavy atom. The number of fused-ring (bicyclic) bond motifs is 5. The molecule has 5 aliphatic rings. The molecule has 2 saturated carbocycles. The number of hydrogen-bond acceptors (Lipinski definition) is 6. The third-order valence-corrected chi connectivity index (χ3v) is 14.2. The molecule has 3 aliphatic carbocycles. The van der Waals surface area contributed by atoms with Gasteiger partial charge in [0.25, 0.3) is 0 Å². The van der Waals surface area contributed by atoms with E-state index in [9.17, 15) is 26.7 Å². The van der Waals surface area contributed by atoms with Crippen LogP contribution in [0.3, 0.4) is 0 Å². The van der Waals surface area contributed by atoms with E-state index in [1.165, 1.54) is 17.3 Å². The van der Waals surface area contributed by atoms with Gasteiger partial charge in [-0.3, -0.25) is 4.79 Å². The van der Waals surface area contributed by atoms with Gasteiger partial charge in [-0.15, -0.1) is 0 Å². The Labute approximate surface area is 317 Å². The third-order valence-electron chi connectivity index (χ3n) is 13.1. The highest BCUT2D eigenvalue weighted by Crippen LogP contribution is 2.63. The summed E-state index contributed by atoms with van der Waals surface area (Å²) in [4.78, 5) is 14.6. The van der Waals surface area contributed by atoms with E-state index in [1.54, 1.807) is 0 Å². The SMILES string of the molecule is C[C@]12CCC3c4ccc(OC5CCCCO5)cc4C(=O)C(CCCCCCCCCSCCCC(F)(F)C(F)(F)F)C3C1CC[C@@H]2OC1CCCCO1. The monoisotopic (exact) mass is 772 g/mol. The van der Waals surface area contributed by atoms with E-state index >= 15 is 0 Å². The first-order chi connectivity index (χ1) is 25.5. The minimum Gasteiger partial charge on any atom is -0.465 e. The third kappa shape index (κ3) is 10.1. The van der Waals surface area contributed by atoms with Gasteiger partial charge in [0.05, 0.1) is 12.7 Å². The van der Waals surface area contributed by atoms with Crippen LogP contribution < -0.4 is 4.74 Å². The van der Waals surface area contributed by atoms with Gasteiger partial charge in [-0.1, -0.05) is 51.5 Å². The number of rotatable bonds is 18. The molecule has 53 heavy (non-hydrogen) atoms. The lowest BCUT2D eigenvalue weighted by Crippen LogP contribution is -2.50. The molecule has 2 heterocycles. The van der Waals surface area contributed by atoms with Crippen LogP contribution in [0.4, 0.5) is 22.0 Å². The maximum absolute atomic E-state index is 14.6. The van der Waals surface area contributed by atoms with Gasteiger partial charge < -0.3 is 18.9 Å². The summed E-state index contributed by atoms with van der Waals surface area (Å²) in [5, 5.41) is 0. The number of carbonyl (C=O) groups excluding carboxylic acids is 1. The molecule has 5 nitrogen and oxygen atoms in total. The van der Waals surface area contributed by atoms with Gasteiger partial charge in [0.1, 0.15) is 5.75 Å². The lowest BCUT2D eigenvalue weighted by molar-refractivity contribution is -0.284. The van der Waals surface area contributed by atoms with E-state index < -0.39 is 18.5 Å². The molecular formula is C42H61F5O5S. The van der Waals surface area contributed by atoms with Gasteiger partial charge in [-0.25, -0.2) is 0 Å². The minimum atomic E-state index is -5.46. The standard InChI is InChI=1S/C42H61F5O5S/c1-40-23-21-31-30-18-17-29(51-36-15-8-10-24-49-36)28-33(30)39(48)32(38(31)34(40)19-20-35(40)52-37-16-9-11-25-50-37)14-7-5-3-2-4-6-12-26-53-27-13-22-41(43,44)42(45,46)47/h17-18,28,31-32,34-38H,2-16,19-27H2,1H3/t31?,32?,34?,35-,36?,37?,38?,40-/m0/s1. The molecule has 0 radical (unpaired) electrons. The van der Waals surface area contributed by atoms with Crippen LogP contribution in [0.15, 0.2) is 18.2 Å². The Morgan fingerprint density at radius 3 is 2.19 bits per heavy atom. The van der Waals surface area contributed by atoms with Crippen LogP contribution in [0.5, 0.6) is 5.75 Å². The summed E-state index contributed by atoms with van der Waals surface area (Å²) in [6, 6.07) is 6.23. The molecular weight excluding hydrogens is 712 g/mol. The second kappa shape index (κ2) is 18.7. The van der Waals surface area contributed by atoms with Crippen LogP contribution >= 0.6 is 11.8 Å². The summed E-state index contributed by atoms with van der Waals surface area (Å²) in [6.45, 7) is 3.91. The van der Waals surface area contributed by atoms with Gasteiger partial charge >= 0.3 is 12.1 Å². The molecule has 0 amide bonds. The molecule has 0 aromatic heterocycles. The molecule has 300 valence electrons. The molecule has 4 fully saturated rings. The quantitative estimate of drug-likeness (QED) is 0.109. The minimum absolute atomic E-state index is 0.0175. The number of benzene rings is 1. The first-order valence-corrected chi connectivity index (χ1v) is 21.9. The van der Waals surface area contributed by atoms with Crippen LogP contribution in [0, 0.1) is 23.2 Å². The van der Waals surface area contributed by atoms with Crippen LogP contribution in [0.1, 0.15) is 157 Å². The van der Waals surface area contributed by atoms with Crippen LogP contribution in [0.2, 0.25) is 0 Å². The zero-order valence-electron chi connectivity index (χ0n) is 31.6. The number of Topliss-reactive ketones (excluding diaryl/α,β-unsaturated/α-hetero) is 1. The van der Waals surface area contributed by atoms with Crippen molar-refractivity contribution in [1.82, 2.24) is 0 Å². The first-order valence-electron chi connectivity index (χ1n) is 20.7. The lowest BCUT2D eigenvalue weighted by Gasteiger charge is -2.53. The molecule has 8 atom stereocenters. The van der Waals surface area contributed by atoms with E-state index in [0.29, 0.717) is 30.1 Å². The fourth-order valence-corrected chi connectivity index (χ4v) is 11.1. The Hall–Kier alpha value is -1.43. The summed E-state index contributed by atoms with van der Waals surface area (Å²) in [6.07, 6.45) is 11.8. The first kappa shape index (κ1) is 41.2. The van der Waals surface area contributed by atoms with Crippen molar-refractivity contribution in [2.24, 2.45) is 23.2 Å². The molecule has 1 aromatic rings. The predicted molar refractivity (Wildman–Crippen MR) is 198 cm³/mol. The molecule has 0 bridgehead atoms. The molecule has 6 unspecified atom stereocenters. The number of unbranched alkanes of at least 4 members (excludes halogenated alkanes) is 6. The molecule has 0 N–H and O–H groups in total. The second-order valence-electron chi connectivity index (χ2n) is 16.6. The molecule has 2 saturated heterocycles. The van der Waals surface area contributed by atoms with Crippen LogP contribution in [-0.4, -0.2) is 61.3 Å². The Balaban J connectivity index is 1.01. The summed E-state index contributed by atoms with van der Waals surface area (Å²) >= 11 is 1.46. The Bertz CT molecular complexity index is 1320. The summed E-state index contributed by atoms with van der Waals surface area (Å²) in [5.74, 6) is -1.41. The van der Waals surface area contributed by atoms with E-state index in [2.05, 4.69) is 19.1 Å². The number of hydrogen-bond donors (Lipinski definition) is 0. The Morgan fingerprint density at radius 1 is 0.811 bits per heavy atom. The topological polar surface area (TPSA) is 54.0 Å². The zero-order chi connectivity index (χ0) is 37.5. The molecule has 0 spiro atoms. The predicted octanol–water partition coefficient (Wildman–Crippen LogP) is 12.1. The number of thioether (sulfide) groups is 1. The zero-order valence-corrected chi connectivity index (χ0v) is 32.4. The number of ether oxygens (including phenoxy) is 4. The highest BCUT2D eigenvalue weighted by molar-refractivity contribution is 7.99. The van der Waals surface area contributed by atoms with Crippen molar-refractivity contribution in [2.75, 3.05) is 24.7 Å². The highest BCUT2D eigenvalue weighted by Gasteiger charge is 2.59. The van der Waals surface area contributed by atoms with Gasteiger partial charge in [-0.2, -0.15) is 33.7 Å². The largest absolute Gasteiger partial charge is 0.465 e. The van der Waals surface area contributed by atoms with Gasteiger partial charge in [-0.05, 0) is 129 Å². The number of alkyl halides is 5. The molecule has 2 aliphatic heterocycles. The molecule has 6 rings (SSSR count). The van der Waals surface area contributed by atoms with E-state index in [-0.39, 0.29) is 42.2 Å². The maximum Gasteiger partial charge on any atom is 0.453 e. The van der Waals surface area contributed by atoms with Crippen molar-refractivity contribution < 1.29 is 45.7 Å². The number of halogens is 5. The average molecular weight is 773 g/mol. The van der Waals surface area contributed by atoms with Crippen molar-refractivity contribution in [3.63, 3.8) is 0 Å². The maximum atomic E-state index is 14.6. The molecule has 11 heteroatoms. The van der Waals surface area contributed by atoms with Crippen molar-refractivity contribution in [3.8, 4) is 5.75 Å². The van der Waals surface area contributed by atoms with Crippen molar-refractivity contribution >= 4 is 17.5 Å². The summed E-state index contributed by atoms with van der Waals surface area (Å²) < 4.78 is 87.9. The Kier molecular flexibility index (Phi) is 14.5. The highest BCUT2D eigenvalue weighted by atomic mass is 32.2. The fourth-order valence-electron chi connectivity index (χ4n) is 10.2. The fraction of sp³-hybridized carbons (Fsp3) is 0.833. The summed E-state index contributed by atoms with van der Waals surface area (Å²) in [7, 11) is 0. The lowest BCUT2D eigenvalue weighted by atomic mass is 9.51. The smallest absolute Gasteiger partial charge is 0.453 e.